The van der Waals surface area contributed by atoms with Gasteiger partial charge in [0.15, 0.2) is 12.3 Å². The highest BCUT2D eigenvalue weighted by Crippen LogP contribution is 2.33. The highest BCUT2D eigenvalue weighted by Gasteiger charge is 2.42. The molecule has 168 valence electrons. The van der Waals surface area contributed by atoms with Crippen molar-refractivity contribution in [2.24, 2.45) is 0 Å². The standard InChI is InChI=1S/C18H21F4N7OS/c1-31-28-6-4-12(5-7-28)25-17-26-14-3-2-13(11-8-23-24-9-11)15(29(14)27-17)30-10-18(21,22)16(19)20/h2-3,8-9,12,16H,4-7,10H2,1H3,(H,23,24)(H,25,27). The van der Waals surface area contributed by atoms with E-state index in [4.69, 9.17) is 4.74 Å². The Bertz CT molecular complexity index is 1010. The van der Waals surface area contributed by atoms with Gasteiger partial charge < -0.3 is 10.1 Å². The predicted molar refractivity (Wildman–Crippen MR) is 109 cm³/mol. The van der Waals surface area contributed by atoms with Crippen LogP contribution < -0.4 is 10.1 Å². The molecule has 0 spiro atoms. The number of fused-ring (bicyclic) bond motifs is 1. The summed E-state index contributed by atoms with van der Waals surface area (Å²) in [6, 6.07) is 3.42. The van der Waals surface area contributed by atoms with Gasteiger partial charge in [0, 0.05) is 36.5 Å². The number of H-pyrrole nitrogens is 1. The van der Waals surface area contributed by atoms with E-state index in [0.717, 1.165) is 25.9 Å². The molecule has 8 nitrogen and oxygen atoms in total. The van der Waals surface area contributed by atoms with E-state index in [2.05, 4.69) is 29.9 Å². The van der Waals surface area contributed by atoms with Crippen LogP contribution >= 0.6 is 11.9 Å². The molecule has 0 bridgehead atoms. The van der Waals surface area contributed by atoms with Crippen molar-refractivity contribution in [1.29, 1.82) is 0 Å². The van der Waals surface area contributed by atoms with Crippen LogP contribution in [0.25, 0.3) is 16.8 Å². The summed E-state index contributed by atoms with van der Waals surface area (Å²) in [5.41, 5.74) is 1.24. The van der Waals surface area contributed by atoms with Crippen LogP contribution in [0.5, 0.6) is 5.88 Å². The maximum atomic E-state index is 13.5. The number of halogens is 4. The Morgan fingerprint density at radius 2 is 2.10 bits per heavy atom. The number of aromatic nitrogens is 5. The van der Waals surface area contributed by atoms with E-state index >= 15 is 0 Å². The number of hydrogen-bond acceptors (Lipinski definition) is 7. The molecule has 0 aliphatic carbocycles. The fourth-order valence-corrected chi connectivity index (χ4v) is 3.91. The van der Waals surface area contributed by atoms with E-state index in [-0.39, 0.29) is 11.9 Å². The van der Waals surface area contributed by atoms with Crippen molar-refractivity contribution in [3.8, 4) is 17.0 Å². The van der Waals surface area contributed by atoms with Crippen molar-refractivity contribution in [3.05, 3.63) is 24.5 Å². The maximum absolute atomic E-state index is 13.5. The summed E-state index contributed by atoms with van der Waals surface area (Å²) in [5, 5.41) is 14.1. The highest BCUT2D eigenvalue weighted by atomic mass is 32.2. The Labute approximate surface area is 179 Å². The molecule has 3 aromatic heterocycles. The minimum atomic E-state index is -4.30. The van der Waals surface area contributed by atoms with Gasteiger partial charge in [-0.1, -0.05) is 11.9 Å². The van der Waals surface area contributed by atoms with E-state index in [0.29, 0.717) is 22.7 Å². The molecule has 0 saturated carbocycles. The number of anilines is 1. The Kier molecular flexibility index (Phi) is 6.23. The van der Waals surface area contributed by atoms with Crippen LogP contribution in [-0.4, -0.2) is 73.4 Å². The molecule has 4 heterocycles. The summed E-state index contributed by atoms with van der Waals surface area (Å²) in [5.74, 6) is -4.10. The van der Waals surface area contributed by atoms with Crippen LogP contribution in [0.2, 0.25) is 0 Å². The van der Waals surface area contributed by atoms with Gasteiger partial charge in [0.05, 0.1) is 6.20 Å². The Morgan fingerprint density at radius 1 is 1.32 bits per heavy atom. The summed E-state index contributed by atoms with van der Waals surface area (Å²) < 4.78 is 61.0. The second-order valence-electron chi connectivity index (χ2n) is 7.13. The molecule has 1 saturated heterocycles. The molecule has 0 amide bonds. The van der Waals surface area contributed by atoms with Gasteiger partial charge in [0.1, 0.15) is 0 Å². The van der Waals surface area contributed by atoms with Crippen LogP contribution in [0, 0.1) is 0 Å². The third-order valence-corrected chi connectivity index (χ3v) is 5.91. The lowest BCUT2D eigenvalue weighted by Gasteiger charge is -2.30. The first-order chi connectivity index (χ1) is 14.9. The van der Waals surface area contributed by atoms with Gasteiger partial charge >= 0.3 is 12.3 Å². The van der Waals surface area contributed by atoms with Crippen molar-refractivity contribution in [3.63, 3.8) is 0 Å². The van der Waals surface area contributed by atoms with Gasteiger partial charge in [-0.05, 0) is 31.2 Å². The number of alkyl halides is 4. The monoisotopic (exact) mass is 459 g/mol. The number of hydrogen-bond donors (Lipinski definition) is 2. The summed E-state index contributed by atoms with van der Waals surface area (Å²) >= 11 is 1.70. The number of rotatable bonds is 8. The smallest absolute Gasteiger partial charge is 0.340 e. The van der Waals surface area contributed by atoms with Crippen LogP contribution in [0.4, 0.5) is 23.5 Å². The lowest BCUT2D eigenvalue weighted by Crippen LogP contribution is -2.35. The number of piperidine rings is 1. The second-order valence-corrected chi connectivity index (χ2v) is 8.01. The van der Waals surface area contributed by atoms with Gasteiger partial charge in [-0.3, -0.25) is 9.40 Å². The van der Waals surface area contributed by atoms with Gasteiger partial charge in [-0.2, -0.15) is 23.4 Å². The zero-order valence-corrected chi connectivity index (χ0v) is 17.4. The molecular formula is C18H21F4N7OS. The molecule has 0 aromatic carbocycles. The van der Waals surface area contributed by atoms with E-state index in [1.54, 1.807) is 24.1 Å². The Morgan fingerprint density at radius 3 is 2.74 bits per heavy atom. The maximum Gasteiger partial charge on any atom is 0.340 e. The molecule has 13 heteroatoms. The fourth-order valence-electron chi connectivity index (χ4n) is 3.34. The highest BCUT2D eigenvalue weighted by molar-refractivity contribution is 7.96. The Hall–Kier alpha value is -2.54. The van der Waals surface area contributed by atoms with Crippen molar-refractivity contribution >= 4 is 23.5 Å². The first-order valence-electron chi connectivity index (χ1n) is 9.60. The van der Waals surface area contributed by atoms with Crippen LogP contribution in [0.3, 0.4) is 0 Å². The molecule has 4 rings (SSSR count). The van der Waals surface area contributed by atoms with Crippen molar-refractivity contribution in [1.82, 2.24) is 29.1 Å². The van der Waals surface area contributed by atoms with Gasteiger partial charge in [-0.15, -0.1) is 5.10 Å². The van der Waals surface area contributed by atoms with E-state index < -0.39 is 19.0 Å². The predicted octanol–water partition coefficient (Wildman–Crippen LogP) is 3.55. The SMILES string of the molecule is CSN1CCC(Nc2nc3ccc(-c4cn[nH]c4)c(OCC(F)(F)C(F)F)n3n2)CC1. The number of ether oxygens (including phenoxy) is 1. The second kappa shape index (κ2) is 8.91. The van der Waals surface area contributed by atoms with Gasteiger partial charge in [0.25, 0.3) is 0 Å². The molecule has 3 aromatic rings. The first-order valence-corrected chi connectivity index (χ1v) is 10.8. The number of nitrogens with one attached hydrogen (secondary N) is 2. The van der Waals surface area contributed by atoms with Crippen molar-refractivity contribution in [2.45, 2.75) is 31.2 Å². The number of nitrogens with zero attached hydrogens (tertiary/aromatic N) is 5. The minimum absolute atomic E-state index is 0.114. The van der Waals surface area contributed by atoms with Gasteiger partial charge in [0.2, 0.25) is 11.8 Å². The molecule has 1 aliphatic heterocycles. The van der Waals surface area contributed by atoms with Crippen LogP contribution in [0.1, 0.15) is 12.8 Å². The third-order valence-electron chi connectivity index (χ3n) is 5.03. The summed E-state index contributed by atoms with van der Waals surface area (Å²) in [6.45, 7) is 0.353. The topological polar surface area (TPSA) is 83.4 Å². The van der Waals surface area contributed by atoms with E-state index in [1.807, 2.05) is 6.26 Å². The molecule has 31 heavy (non-hydrogen) atoms. The summed E-state index contributed by atoms with van der Waals surface area (Å²) in [6.07, 6.45) is 3.00. The molecule has 0 radical (unpaired) electrons. The largest absolute Gasteiger partial charge is 0.470 e. The average molecular weight is 459 g/mol. The van der Waals surface area contributed by atoms with Crippen molar-refractivity contribution < 1.29 is 22.3 Å². The first kappa shape index (κ1) is 21.7. The normalized spacial score (nSPS) is 16.3. The molecule has 0 atom stereocenters. The van der Waals surface area contributed by atoms with E-state index in [1.165, 1.54) is 16.9 Å². The molecule has 1 aliphatic rings. The molecule has 1 fully saturated rings. The summed E-state index contributed by atoms with van der Waals surface area (Å²) in [4.78, 5) is 4.39. The zero-order chi connectivity index (χ0) is 22.0. The molecule has 0 unspecified atom stereocenters. The summed E-state index contributed by atoms with van der Waals surface area (Å²) in [7, 11) is 0. The molecule has 2 N–H and O–H groups in total. The third kappa shape index (κ3) is 4.71. The molecular weight excluding hydrogens is 438 g/mol. The lowest BCUT2D eigenvalue weighted by molar-refractivity contribution is -0.148. The van der Waals surface area contributed by atoms with Gasteiger partial charge in [-0.25, -0.2) is 8.78 Å². The van der Waals surface area contributed by atoms with Crippen molar-refractivity contribution in [2.75, 3.05) is 31.3 Å². The lowest BCUT2D eigenvalue weighted by atomic mass is 10.1. The minimum Gasteiger partial charge on any atom is -0.470 e. The Balaban J connectivity index is 1.62. The quantitative estimate of drug-likeness (QED) is 0.394. The number of pyridine rings is 1. The van der Waals surface area contributed by atoms with E-state index in [9.17, 15) is 17.6 Å². The zero-order valence-electron chi connectivity index (χ0n) is 16.6. The van der Waals surface area contributed by atoms with Crippen LogP contribution in [0.15, 0.2) is 24.5 Å². The number of aromatic amines is 1. The fraction of sp³-hybridized carbons (Fsp3) is 0.500. The van der Waals surface area contributed by atoms with Crippen LogP contribution in [-0.2, 0) is 0 Å². The average Bonchev–Trinajstić information content (AvgIpc) is 3.42.